The van der Waals surface area contributed by atoms with Crippen LogP contribution >= 0.6 is 11.8 Å². The third kappa shape index (κ3) is 3.79. The Morgan fingerprint density at radius 3 is 2.46 bits per heavy atom. The van der Waals surface area contributed by atoms with E-state index in [0.29, 0.717) is 11.1 Å². The Bertz CT molecular complexity index is 807. The molecular formula is C19H20N2O2S. The Morgan fingerprint density at radius 1 is 1.08 bits per heavy atom. The number of oxazole rings is 1. The van der Waals surface area contributed by atoms with Crippen LogP contribution in [0, 0.1) is 0 Å². The molecule has 1 heterocycles. The van der Waals surface area contributed by atoms with E-state index in [-0.39, 0.29) is 11.2 Å². The van der Waals surface area contributed by atoms with Gasteiger partial charge in [-0.05, 0) is 42.7 Å². The molecule has 0 spiro atoms. The van der Waals surface area contributed by atoms with E-state index in [1.54, 1.807) is 0 Å². The van der Waals surface area contributed by atoms with E-state index in [4.69, 9.17) is 4.42 Å². The van der Waals surface area contributed by atoms with Gasteiger partial charge in [-0.1, -0.05) is 49.9 Å². The van der Waals surface area contributed by atoms with Crippen molar-refractivity contribution < 1.29 is 9.21 Å². The highest BCUT2D eigenvalue weighted by atomic mass is 32.2. The number of hydrogen-bond donors (Lipinski definition) is 1. The predicted octanol–water partition coefficient (Wildman–Crippen LogP) is 5.07. The van der Waals surface area contributed by atoms with Crippen molar-refractivity contribution in [1.82, 2.24) is 4.98 Å². The maximum atomic E-state index is 12.3. The van der Waals surface area contributed by atoms with E-state index in [9.17, 15) is 4.79 Å². The molecule has 1 unspecified atom stereocenters. The highest BCUT2D eigenvalue weighted by Gasteiger charge is 2.18. The van der Waals surface area contributed by atoms with E-state index in [1.165, 1.54) is 17.3 Å². The fraction of sp³-hybridized carbons (Fsp3) is 0.263. The van der Waals surface area contributed by atoms with Gasteiger partial charge in [0.15, 0.2) is 5.58 Å². The normalized spacial score (nSPS) is 12.5. The first-order valence-corrected chi connectivity index (χ1v) is 8.84. The summed E-state index contributed by atoms with van der Waals surface area (Å²) in [5, 5.41) is 3.14. The number of thioether (sulfide) groups is 1. The van der Waals surface area contributed by atoms with Gasteiger partial charge in [0.1, 0.15) is 5.52 Å². The van der Waals surface area contributed by atoms with Crippen LogP contribution in [-0.4, -0.2) is 16.1 Å². The van der Waals surface area contributed by atoms with Crippen LogP contribution in [0.3, 0.4) is 0 Å². The SMILES string of the molecule is CC(Sc1nc2ccccc2o1)C(=O)Nc1ccc(C(C)C)cc1. The molecule has 1 aromatic heterocycles. The first-order valence-electron chi connectivity index (χ1n) is 7.96. The van der Waals surface area contributed by atoms with E-state index in [0.717, 1.165) is 16.8 Å². The Labute approximate surface area is 145 Å². The molecule has 24 heavy (non-hydrogen) atoms. The molecule has 0 aliphatic rings. The summed E-state index contributed by atoms with van der Waals surface area (Å²) in [6.45, 7) is 6.14. The summed E-state index contributed by atoms with van der Waals surface area (Å²) in [7, 11) is 0. The molecule has 0 saturated heterocycles. The topological polar surface area (TPSA) is 55.1 Å². The van der Waals surface area contributed by atoms with Gasteiger partial charge >= 0.3 is 0 Å². The number of amides is 1. The Morgan fingerprint density at radius 2 is 1.79 bits per heavy atom. The van der Waals surface area contributed by atoms with Crippen LogP contribution in [-0.2, 0) is 4.79 Å². The second-order valence-corrected chi connectivity index (χ2v) is 7.27. The number of para-hydroxylation sites is 2. The van der Waals surface area contributed by atoms with Crippen molar-refractivity contribution >= 4 is 34.5 Å². The Balaban J connectivity index is 1.63. The highest BCUT2D eigenvalue weighted by molar-refractivity contribution is 8.00. The number of nitrogens with one attached hydrogen (secondary N) is 1. The zero-order chi connectivity index (χ0) is 17.1. The number of fused-ring (bicyclic) bond motifs is 1. The van der Waals surface area contributed by atoms with Gasteiger partial charge in [0.25, 0.3) is 5.22 Å². The second-order valence-electron chi connectivity index (χ2n) is 5.97. The number of hydrogen-bond acceptors (Lipinski definition) is 4. The summed E-state index contributed by atoms with van der Waals surface area (Å²) in [5.41, 5.74) is 3.59. The summed E-state index contributed by atoms with van der Waals surface area (Å²) >= 11 is 1.31. The number of rotatable bonds is 5. The lowest BCUT2D eigenvalue weighted by Crippen LogP contribution is -2.22. The van der Waals surface area contributed by atoms with Crippen molar-refractivity contribution in [2.75, 3.05) is 5.32 Å². The van der Waals surface area contributed by atoms with Gasteiger partial charge in [0, 0.05) is 5.69 Å². The average Bonchev–Trinajstić information content (AvgIpc) is 2.97. The van der Waals surface area contributed by atoms with Crippen molar-refractivity contribution in [3.05, 3.63) is 54.1 Å². The molecule has 3 aromatic rings. The van der Waals surface area contributed by atoms with Gasteiger partial charge in [0.05, 0.1) is 5.25 Å². The number of nitrogens with zero attached hydrogens (tertiary/aromatic N) is 1. The smallest absolute Gasteiger partial charge is 0.257 e. The van der Waals surface area contributed by atoms with Crippen molar-refractivity contribution in [1.29, 1.82) is 0 Å². The van der Waals surface area contributed by atoms with Crippen LogP contribution in [0.25, 0.3) is 11.1 Å². The zero-order valence-corrected chi connectivity index (χ0v) is 14.8. The van der Waals surface area contributed by atoms with Crippen LogP contribution in [0.5, 0.6) is 0 Å². The van der Waals surface area contributed by atoms with Crippen molar-refractivity contribution in [2.45, 2.75) is 37.2 Å². The van der Waals surface area contributed by atoms with Gasteiger partial charge in [-0.25, -0.2) is 4.98 Å². The fourth-order valence-electron chi connectivity index (χ4n) is 2.30. The van der Waals surface area contributed by atoms with Crippen LogP contribution in [0.1, 0.15) is 32.3 Å². The molecule has 0 aliphatic carbocycles. The minimum Gasteiger partial charge on any atom is -0.431 e. The zero-order valence-electron chi connectivity index (χ0n) is 13.9. The van der Waals surface area contributed by atoms with Crippen molar-refractivity contribution in [3.63, 3.8) is 0 Å². The number of aromatic nitrogens is 1. The second kappa shape index (κ2) is 7.09. The molecule has 2 aromatic carbocycles. The monoisotopic (exact) mass is 340 g/mol. The molecule has 4 nitrogen and oxygen atoms in total. The molecule has 0 fully saturated rings. The van der Waals surface area contributed by atoms with Crippen LogP contribution < -0.4 is 5.32 Å². The van der Waals surface area contributed by atoms with Crippen molar-refractivity contribution in [3.8, 4) is 0 Å². The molecule has 5 heteroatoms. The van der Waals surface area contributed by atoms with Gasteiger partial charge in [0.2, 0.25) is 5.91 Å². The first kappa shape index (κ1) is 16.6. The fourth-order valence-corrected chi connectivity index (χ4v) is 3.06. The van der Waals surface area contributed by atoms with Crippen molar-refractivity contribution in [2.24, 2.45) is 0 Å². The van der Waals surface area contributed by atoms with Gasteiger partial charge in [-0.15, -0.1) is 0 Å². The van der Waals surface area contributed by atoms with Crippen LogP contribution in [0.15, 0.2) is 58.2 Å². The molecule has 0 bridgehead atoms. The molecule has 0 saturated carbocycles. The minimum atomic E-state index is -0.303. The molecule has 3 rings (SSSR count). The predicted molar refractivity (Wildman–Crippen MR) is 98.5 cm³/mol. The van der Waals surface area contributed by atoms with E-state index < -0.39 is 0 Å². The minimum absolute atomic E-state index is 0.0699. The average molecular weight is 340 g/mol. The lowest BCUT2D eigenvalue weighted by molar-refractivity contribution is -0.115. The van der Waals surface area contributed by atoms with E-state index in [2.05, 4.69) is 24.1 Å². The van der Waals surface area contributed by atoms with Gasteiger partial charge in [-0.3, -0.25) is 4.79 Å². The Hall–Kier alpha value is -2.27. The van der Waals surface area contributed by atoms with Gasteiger partial charge < -0.3 is 9.73 Å². The maximum absolute atomic E-state index is 12.3. The van der Waals surface area contributed by atoms with Crippen LogP contribution in [0.2, 0.25) is 0 Å². The summed E-state index contributed by atoms with van der Waals surface area (Å²) < 4.78 is 5.65. The first-order chi connectivity index (χ1) is 11.5. The summed E-state index contributed by atoms with van der Waals surface area (Å²) in [4.78, 5) is 16.7. The number of carbonyl (C=O) groups is 1. The van der Waals surface area contributed by atoms with E-state index >= 15 is 0 Å². The summed E-state index contributed by atoms with van der Waals surface area (Å²) in [5.74, 6) is 0.406. The lowest BCUT2D eigenvalue weighted by atomic mass is 10.0. The Kier molecular flexibility index (Phi) is 4.90. The molecule has 0 radical (unpaired) electrons. The van der Waals surface area contributed by atoms with E-state index in [1.807, 2.05) is 55.5 Å². The largest absolute Gasteiger partial charge is 0.431 e. The number of anilines is 1. The van der Waals surface area contributed by atoms with Gasteiger partial charge in [-0.2, -0.15) is 0 Å². The molecule has 1 amide bonds. The molecular weight excluding hydrogens is 320 g/mol. The maximum Gasteiger partial charge on any atom is 0.257 e. The molecule has 1 N–H and O–H groups in total. The third-order valence-electron chi connectivity index (χ3n) is 3.77. The van der Waals surface area contributed by atoms with Crippen LogP contribution in [0.4, 0.5) is 5.69 Å². The summed E-state index contributed by atoms with van der Waals surface area (Å²) in [6.07, 6.45) is 0. The third-order valence-corrected chi connectivity index (χ3v) is 4.71. The molecule has 0 aliphatic heterocycles. The quantitative estimate of drug-likeness (QED) is 0.659. The molecule has 1 atom stereocenters. The highest BCUT2D eigenvalue weighted by Crippen LogP contribution is 2.27. The summed E-state index contributed by atoms with van der Waals surface area (Å²) in [6, 6.07) is 15.5. The lowest BCUT2D eigenvalue weighted by Gasteiger charge is -2.11. The number of benzene rings is 2. The standard InChI is InChI=1S/C19H20N2O2S/c1-12(2)14-8-10-15(11-9-14)20-18(22)13(3)24-19-21-16-6-4-5-7-17(16)23-19/h4-13H,1-3H3,(H,20,22). The molecule has 124 valence electrons. The number of carbonyl (C=O) groups excluding carboxylic acids is 1.